The quantitative estimate of drug-likeness (QED) is 0.842. The van der Waals surface area contributed by atoms with Crippen LogP contribution in [0.1, 0.15) is 38.4 Å². The van der Waals surface area contributed by atoms with Crippen molar-refractivity contribution < 1.29 is 9.53 Å². The number of ether oxygens (including phenoxy) is 1. The highest BCUT2D eigenvalue weighted by Gasteiger charge is 2.43. The number of hydrogen-bond donors (Lipinski definition) is 1. The number of likely N-dealkylation sites (N-methyl/N-ethyl adjacent to an activating group) is 1. The van der Waals surface area contributed by atoms with E-state index in [0.717, 1.165) is 35.8 Å². The lowest BCUT2D eigenvalue weighted by Gasteiger charge is -2.38. The molecule has 0 bridgehead atoms. The highest BCUT2D eigenvalue weighted by Crippen LogP contribution is 2.39. The minimum Gasteiger partial charge on any atom is -0.465 e. The Morgan fingerprint density at radius 2 is 2.45 bits per heavy atom. The van der Waals surface area contributed by atoms with E-state index in [1.807, 2.05) is 20.9 Å². The van der Waals surface area contributed by atoms with E-state index >= 15 is 0 Å². The Bertz CT molecular complexity index is 466. The van der Waals surface area contributed by atoms with E-state index in [4.69, 9.17) is 4.74 Å². The second-order valence-electron chi connectivity index (χ2n) is 5.00. The fourth-order valence-corrected chi connectivity index (χ4v) is 4.82. The first-order valence-corrected chi connectivity index (χ1v) is 8.58. The zero-order valence-corrected chi connectivity index (χ0v) is 13.8. The molecule has 0 saturated heterocycles. The third-order valence-corrected chi connectivity index (χ3v) is 5.77. The Kier molecular flexibility index (Phi) is 5.40. The number of nitrogens with one attached hydrogen (secondary N) is 1. The summed E-state index contributed by atoms with van der Waals surface area (Å²) in [7, 11) is 1.85. The van der Waals surface area contributed by atoms with Gasteiger partial charge >= 0.3 is 5.97 Å². The molecule has 1 aliphatic rings. The van der Waals surface area contributed by atoms with Crippen LogP contribution in [0.5, 0.6) is 0 Å². The smallest absolute Gasteiger partial charge is 0.326 e. The molecule has 1 aliphatic carbocycles. The molecular weight excluding hydrogens is 294 g/mol. The first-order valence-electron chi connectivity index (χ1n) is 6.92. The molecule has 0 radical (unpaired) electrons. The average molecular weight is 315 g/mol. The molecule has 1 fully saturated rings. The van der Waals surface area contributed by atoms with Gasteiger partial charge in [-0.05, 0) is 58.1 Å². The lowest BCUT2D eigenvalue weighted by molar-refractivity contribution is -0.152. The van der Waals surface area contributed by atoms with E-state index in [2.05, 4.69) is 14.7 Å². The number of carbonyl (C=O) groups excluding carboxylic acids is 1. The molecule has 7 heteroatoms. The van der Waals surface area contributed by atoms with Crippen LogP contribution in [0.3, 0.4) is 0 Å². The van der Waals surface area contributed by atoms with E-state index in [1.54, 1.807) is 11.8 Å². The third-order valence-electron chi connectivity index (χ3n) is 3.63. The molecule has 1 saturated carbocycles. The van der Waals surface area contributed by atoms with E-state index in [1.165, 1.54) is 11.5 Å². The average Bonchev–Trinajstić information content (AvgIpc) is 2.84. The van der Waals surface area contributed by atoms with Crippen molar-refractivity contribution in [1.82, 2.24) is 14.7 Å². The minimum absolute atomic E-state index is 0.124. The molecule has 0 aliphatic heterocycles. The maximum absolute atomic E-state index is 12.2. The van der Waals surface area contributed by atoms with Crippen LogP contribution in [0.2, 0.25) is 0 Å². The fourth-order valence-electron chi connectivity index (χ4n) is 2.58. The van der Waals surface area contributed by atoms with Crippen molar-refractivity contribution in [2.45, 2.75) is 54.7 Å². The fraction of sp³-hybridized carbons (Fsp3) is 0.769. The molecule has 1 aromatic heterocycles. The minimum atomic E-state index is -0.536. The normalized spacial score (nSPS) is 26.4. The van der Waals surface area contributed by atoms with E-state index in [-0.39, 0.29) is 5.97 Å². The van der Waals surface area contributed by atoms with Gasteiger partial charge in [-0.3, -0.25) is 4.79 Å². The van der Waals surface area contributed by atoms with E-state index < -0.39 is 5.54 Å². The molecule has 20 heavy (non-hydrogen) atoms. The number of rotatable bonds is 5. The Morgan fingerprint density at radius 1 is 1.65 bits per heavy atom. The Morgan fingerprint density at radius 3 is 3.05 bits per heavy atom. The van der Waals surface area contributed by atoms with E-state index in [0.29, 0.717) is 11.9 Å². The molecule has 1 heterocycles. The van der Waals surface area contributed by atoms with Gasteiger partial charge in [0.05, 0.1) is 6.61 Å². The van der Waals surface area contributed by atoms with Crippen LogP contribution >= 0.6 is 23.3 Å². The van der Waals surface area contributed by atoms with Crippen molar-refractivity contribution in [3.05, 3.63) is 5.82 Å². The molecule has 2 rings (SSSR count). The number of aromatic nitrogens is 2. The number of esters is 1. The van der Waals surface area contributed by atoms with Gasteiger partial charge in [0.2, 0.25) is 0 Å². The van der Waals surface area contributed by atoms with Crippen molar-refractivity contribution in [3.8, 4) is 0 Å². The second-order valence-corrected chi connectivity index (χ2v) is 7.30. The molecule has 2 unspecified atom stereocenters. The zero-order chi connectivity index (χ0) is 14.6. The summed E-state index contributed by atoms with van der Waals surface area (Å²) < 4.78 is 10.4. The van der Waals surface area contributed by atoms with Gasteiger partial charge in [-0.1, -0.05) is 11.8 Å². The molecule has 0 amide bonds. The summed E-state index contributed by atoms with van der Waals surface area (Å²) in [5.41, 5.74) is -0.536. The standard InChI is InChI=1S/C13H21N3O2S2/c1-4-18-11(17)13(14-3)7-5-6-10(8-13)19-12-15-9(2)16-20-12/h10,14H,4-8H2,1-3H3. The van der Waals surface area contributed by atoms with Crippen LogP contribution in [0.4, 0.5) is 0 Å². The Hall–Kier alpha value is -0.660. The summed E-state index contributed by atoms with van der Waals surface area (Å²) in [5, 5.41) is 3.58. The Balaban J connectivity index is 2.04. The summed E-state index contributed by atoms with van der Waals surface area (Å²) in [6.45, 7) is 4.17. The van der Waals surface area contributed by atoms with Crippen LogP contribution < -0.4 is 5.32 Å². The topological polar surface area (TPSA) is 64.1 Å². The Labute approximate surface area is 128 Å². The highest BCUT2D eigenvalue weighted by atomic mass is 32.2. The highest BCUT2D eigenvalue weighted by molar-refractivity contribution is 8.01. The molecule has 5 nitrogen and oxygen atoms in total. The van der Waals surface area contributed by atoms with Crippen LogP contribution in [0, 0.1) is 6.92 Å². The monoisotopic (exact) mass is 315 g/mol. The first kappa shape index (κ1) is 15.7. The summed E-state index contributed by atoms with van der Waals surface area (Å²) in [5.74, 6) is 0.694. The maximum atomic E-state index is 12.2. The van der Waals surface area contributed by atoms with Gasteiger partial charge in [-0.15, -0.1) is 0 Å². The van der Waals surface area contributed by atoms with Crippen molar-refractivity contribution >= 4 is 29.3 Å². The predicted octanol–water partition coefficient (Wildman–Crippen LogP) is 2.40. The molecule has 112 valence electrons. The van der Waals surface area contributed by atoms with Gasteiger partial charge in [-0.25, -0.2) is 4.98 Å². The van der Waals surface area contributed by atoms with Crippen molar-refractivity contribution in [1.29, 1.82) is 0 Å². The van der Waals surface area contributed by atoms with Gasteiger partial charge in [-0.2, -0.15) is 4.37 Å². The lowest BCUT2D eigenvalue weighted by Crippen LogP contribution is -2.54. The van der Waals surface area contributed by atoms with Gasteiger partial charge < -0.3 is 10.1 Å². The number of thioether (sulfide) groups is 1. The molecule has 0 spiro atoms. The summed E-state index contributed by atoms with van der Waals surface area (Å²) >= 11 is 3.17. The summed E-state index contributed by atoms with van der Waals surface area (Å²) in [6, 6.07) is 0. The van der Waals surface area contributed by atoms with Gasteiger partial charge in [0.25, 0.3) is 0 Å². The number of nitrogens with zero attached hydrogens (tertiary/aromatic N) is 2. The van der Waals surface area contributed by atoms with Crippen molar-refractivity contribution in [3.63, 3.8) is 0 Å². The summed E-state index contributed by atoms with van der Waals surface area (Å²) in [6.07, 6.45) is 3.75. The van der Waals surface area contributed by atoms with E-state index in [9.17, 15) is 4.79 Å². The lowest BCUT2D eigenvalue weighted by atomic mass is 9.81. The molecule has 2 atom stereocenters. The first-order chi connectivity index (χ1) is 9.59. The third kappa shape index (κ3) is 3.51. The second kappa shape index (κ2) is 6.87. The summed E-state index contributed by atoms with van der Waals surface area (Å²) in [4.78, 5) is 16.6. The number of hydrogen-bond acceptors (Lipinski definition) is 7. The van der Waals surface area contributed by atoms with Crippen molar-refractivity contribution in [2.24, 2.45) is 0 Å². The SMILES string of the molecule is CCOC(=O)C1(NC)CCCC(Sc2nc(C)ns2)C1. The molecular formula is C13H21N3O2S2. The molecule has 1 N–H and O–H groups in total. The molecule has 0 aromatic carbocycles. The van der Waals surface area contributed by atoms with Crippen LogP contribution in [0.25, 0.3) is 0 Å². The van der Waals surface area contributed by atoms with Gasteiger partial charge in [0.1, 0.15) is 11.4 Å². The molecule has 1 aromatic rings. The maximum Gasteiger partial charge on any atom is 0.326 e. The van der Waals surface area contributed by atoms with Gasteiger partial charge in [0, 0.05) is 5.25 Å². The number of carbonyl (C=O) groups is 1. The van der Waals surface area contributed by atoms with Crippen LogP contribution in [0.15, 0.2) is 4.34 Å². The van der Waals surface area contributed by atoms with Crippen LogP contribution in [-0.2, 0) is 9.53 Å². The van der Waals surface area contributed by atoms with Crippen LogP contribution in [-0.4, -0.2) is 39.8 Å². The van der Waals surface area contributed by atoms with Gasteiger partial charge in [0.15, 0.2) is 4.34 Å². The van der Waals surface area contributed by atoms with Crippen molar-refractivity contribution in [2.75, 3.05) is 13.7 Å². The predicted molar refractivity (Wildman–Crippen MR) is 81.2 cm³/mol. The zero-order valence-electron chi connectivity index (χ0n) is 12.1. The number of aryl methyl sites for hydroxylation is 1. The largest absolute Gasteiger partial charge is 0.465 e.